The Balaban J connectivity index is 2.87. The molecule has 0 aliphatic rings. The summed E-state index contributed by atoms with van der Waals surface area (Å²) >= 11 is 5.76. The van der Waals surface area contributed by atoms with Gasteiger partial charge in [-0.2, -0.15) is 0 Å². The molecular weight excluding hydrogens is 162 g/mol. The third-order valence-corrected chi connectivity index (χ3v) is 1.81. The Morgan fingerprint density at radius 3 is 3.18 bits per heavy atom. The standard InChI is InChI=1S/C7H6ClN3/c8-7-6-3-5(9)1-2-11(6)4-10-7/h1-4H,9H2. The summed E-state index contributed by atoms with van der Waals surface area (Å²) in [6, 6.07) is 3.58. The van der Waals surface area contributed by atoms with Gasteiger partial charge in [-0.3, -0.25) is 0 Å². The SMILES string of the molecule is Nc1ccn2cnc(Cl)c2c1. The fourth-order valence-electron chi connectivity index (χ4n) is 0.973. The number of nitrogens with two attached hydrogens (primary N) is 1. The van der Waals surface area contributed by atoms with E-state index in [9.17, 15) is 0 Å². The number of hydrogen-bond donors (Lipinski definition) is 1. The van der Waals surface area contributed by atoms with Crippen LogP contribution in [0.3, 0.4) is 0 Å². The lowest BCUT2D eigenvalue weighted by molar-refractivity contribution is 1.16. The topological polar surface area (TPSA) is 43.3 Å². The first kappa shape index (κ1) is 6.49. The summed E-state index contributed by atoms with van der Waals surface area (Å²) in [5.74, 6) is 0. The summed E-state index contributed by atoms with van der Waals surface area (Å²) in [6.45, 7) is 0. The summed E-state index contributed by atoms with van der Waals surface area (Å²) < 4.78 is 1.82. The van der Waals surface area contributed by atoms with E-state index in [0.717, 1.165) is 5.52 Å². The average molecular weight is 168 g/mol. The molecule has 0 amide bonds. The van der Waals surface area contributed by atoms with Gasteiger partial charge in [-0.25, -0.2) is 4.98 Å². The molecular formula is C7H6ClN3. The molecule has 0 saturated heterocycles. The third kappa shape index (κ3) is 0.935. The first-order valence-corrected chi connectivity index (χ1v) is 3.53. The summed E-state index contributed by atoms with van der Waals surface area (Å²) in [6.07, 6.45) is 3.47. The van der Waals surface area contributed by atoms with Crippen LogP contribution in [0.15, 0.2) is 24.7 Å². The van der Waals surface area contributed by atoms with Crippen molar-refractivity contribution in [3.05, 3.63) is 29.8 Å². The van der Waals surface area contributed by atoms with Crippen LogP contribution in [0.2, 0.25) is 5.15 Å². The van der Waals surface area contributed by atoms with Crippen molar-refractivity contribution in [2.24, 2.45) is 0 Å². The molecule has 11 heavy (non-hydrogen) atoms. The molecule has 0 bridgehead atoms. The summed E-state index contributed by atoms with van der Waals surface area (Å²) in [7, 11) is 0. The van der Waals surface area contributed by atoms with Gasteiger partial charge in [0.2, 0.25) is 0 Å². The fourth-order valence-corrected chi connectivity index (χ4v) is 1.17. The van der Waals surface area contributed by atoms with Crippen molar-refractivity contribution in [2.75, 3.05) is 5.73 Å². The number of rotatable bonds is 0. The molecule has 0 aromatic carbocycles. The second kappa shape index (κ2) is 2.13. The highest BCUT2D eigenvalue weighted by atomic mass is 35.5. The molecule has 0 fully saturated rings. The summed E-state index contributed by atoms with van der Waals surface area (Å²) in [5.41, 5.74) is 7.09. The predicted octanol–water partition coefficient (Wildman–Crippen LogP) is 1.57. The van der Waals surface area contributed by atoms with Crippen LogP contribution in [0.4, 0.5) is 5.69 Å². The van der Waals surface area contributed by atoms with Gasteiger partial charge in [0.25, 0.3) is 0 Å². The zero-order valence-electron chi connectivity index (χ0n) is 5.66. The van der Waals surface area contributed by atoms with Crippen molar-refractivity contribution < 1.29 is 0 Å². The Morgan fingerprint density at radius 1 is 1.55 bits per heavy atom. The number of anilines is 1. The molecule has 2 aromatic rings. The molecule has 0 aliphatic heterocycles. The fraction of sp³-hybridized carbons (Fsp3) is 0. The Kier molecular flexibility index (Phi) is 1.26. The highest BCUT2D eigenvalue weighted by Crippen LogP contribution is 2.16. The van der Waals surface area contributed by atoms with Crippen molar-refractivity contribution >= 4 is 22.8 Å². The van der Waals surface area contributed by atoms with E-state index in [4.69, 9.17) is 17.3 Å². The number of aromatic nitrogens is 2. The molecule has 4 heteroatoms. The van der Waals surface area contributed by atoms with Crippen LogP contribution >= 0.6 is 11.6 Å². The average Bonchev–Trinajstić information content (AvgIpc) is 2.33. The van der Waals surface area contributed by atoms with Crippen LogP contribution in [0.25, 0.3) is 5.52 Å². The van der Waals surface area contributed by atoms with Crippen molar-refractivity contribution in [2.45, 2.75) is 0 Å². The third-order valence-electron chi connectivity index (χ3n) is 1.52. The lowest BCUT2D eigenvalue weighted by atomic mass is 10.4. The monoisotopic (exact) mass is 167 g/mol. The summed E-state index contributed by atoms with van der Waals surface area (Å²) in [4.78, 5) is 3.91. The number of halogens is 1. The van der Waals surface area contributed by atoms with E-state index in [2.05, 4.69) is 4.98 Å². The van der Waals surface area contributed by atoms with Gasteiger partial charge in [-0.1, -0.05) is 11.6 Å². The van der Waals surface area contributed by atoms with Gasteiger partial charge in [0, 0.05) is 11.9 Å². The maximum atomic E-state index is 5.76. The minimum Gasteiger partial charge on any atom is -0.399 e. The van der Waals surface area contributed by atoms with Crippen molar-refractivity contribution in [3.63, 3.8) is 0 Å². The molecule has 0 saturated carbocycles. The van der Waals surface area contributed by atoms with Crippen molar-refractivity contribution in [1.82, 2.24) is 9.38 Å². The molecule has 3 nitrogen and oxygen atoms in total. The van der Waals surface area contributed by atoms with E-state index < -0.39 is 0 Å². The Morgan fingerprint density at radius 2 is 2.36 bits per heavy atom. The highest BCUT2D eigenvalue weighted by Gasteiger charge is 1.99. The van der Waals surface area contributed by atoms with Gasteiger partial charge in [0.05, 0.1) is 5.52 Å². The van der Waals surface area contributed by atoms with E-state index in [-0.39, 0.29) is 0 Å². The van der Waals surface area contributed by atoms with Gasteiger partial charge in [-0.15, -0.1) is 0 Å². The first-order valence-electron chi connectivity index (χ1n) is 3.15. The number of nitrogen functional groups attached to an aromatic ring is 1. The Hall–Kier alpha value is -1.22. The van der Waals surface area contributed by atoms with E-state index >= 15 is 0 Å². The maximum absolute atomic E-state index is 5.76. The number of imidazole rings is 1. The zero-order valence-corrected chi connectivity index (χ0v) is 6.42. The van der Waals surface area contributed by atoms with Crippen LogP contribution < -0.4 is 5.73 Å². The molecule has 56 valence electrons. The molecule has 0 aliphatic carbocycles. The van der Waals surface area contributed by atoms with Crippen molar-refractivity contribution in [1.29, 1.82) is 0 Å². The Labute approximate surface area is 68.4 Å². The van der Waals surface area contributed by atoms with Crippen LogP contribution in [0, 0.1) is 0 Å². The molecule has 2 heterocycles. The zero-order chi connectivity index (χ0) is 7.84. The van der Waals surface area contributed by atoms with Crippen LogP contribution in [0.5, 0.6) is 0 Å². The van der Waals surface area contributed by atoms with Gasteiger partial charge >= 0.3 is 0 Å². The summed E-state index contributed by atoms with van der Waals surface area (Å²) in [5, 5.41) is 0.484. The quantitative estimate of drug-likeness (QED) is 0.647. The van der Waals surface area contributed by atoms with Gasteiger partial charge in [0.1, 0.15) is 6.33 Å². The van der Waals surface area contributed by atoms with Gasteiger partial charge in [-0.05, 0) is 12.1 Å². The minimum absolute atomic E-state index is 0.484. The van der Waals surface area contributed by atoms with E-state index in [1.54, 1.807) is 18.5 Å². The van der Waals surface area contributed by atoms with Crippen LogP contribution in [0.1, 0.15) is 0 Å². The second-order valence-electron chi connectivity index (χ2n) is 2.29. The molecule has 0 spiro atoms. The predicted molar refractivity (Wildman–Crippen MR) is 44.6 cm³/mol. The Bertz CT molecular complexity index is 393. The lowest BCUT2D eigenvalue weighted by Gasteiger charge is -1.94. The van der Waals surface area contributed by atoms with Gasteiger partial charge in [0.15, 0.2) is 5.15 Å². The molecule has 2 N–H and O–H groups in total. The normalized spacial score (nSPS) is 10.6. The largest absolute Gasteiger partial charge is 0.399 e. The highest BCUT2D eigenvalue weighted by molar-refractivity contribution is 6.32. The number of hydrogen-bond acceptors (Lipinski definition) is 2. The number of fused-ring (bicyclic) bond motifs is 1. The molecule has 0 atom stereocenters. The number of pyridine rings is 1. The van der Waals surface area contributed by atoms with E-state index in [0.29, 0.717) is 10.8 Å². The second-order valence-corrected chi connectivity index (χ2v) is 2.65. The maximum Gasteiger partial charge on any atom is 0.154 e. The molecule has 0 unspecified atom stereocenters. The molecule has 0 radical (unpaired) electrons. The van der Waals surface area contributed by atoms with Crippen molar-refractivity contribution in [3.8, 4) is 0 Å². The smallest absolute Gasteiger partial charge is 0.154 e. The van der Waals surface area contributed by atoms with Gasteiger partial charge < -0.3 is 10.1 Å². The van der Waals surface area contributed by atoms with Crippen LogP contribution in [-0.4, -0.2) is 9.38 Å². The first-order chi connectivity index (χ1) is 5.27. The van der Waals surface area contributed by atoms with E-state index in [1.807, 2.05) is 10.6 Å². The number of nitrogens with zero attached hydrogens (tertiary/aromatic N) is 2. The molecule has 2 aromatic heterocycles. The lowest BCUT2D eigenvalue weighted by Crippen LogP contribution is -1.86. The van der Waals surface area contributed by atoms with Crippen LogP contribution in [-0.2, 0) is 0 Å². The molecule has 2 rings (SSSR count). The minimum atomic E-state index is 0.484. The van der Waals surface area contributed by atoms with E-state index in [1.165, 1.54) is 0 Å².